The van der Waals surface area contributed by atoms with Crippen LogP contribution in [0.2, 0.25) is 0 Å². The molecule has 26 heavy (non-hydrogen) atoms. The molecular weight excluding hydrogens is 346 g/mol. The molecule has 0 aliphatic carbocycles. The Hall–Kier alpha value is -2.96. The van der Waals surface area contributed by atoms with E-state index in [0.717, 1.165) is 43.5 Å². The number of hydrogen-bond acceptors (Lipinski definition) is 6. The van der Waals surface area contributed by atoms with Crippen LogP contribution < -0.4 is 10.1 Å². The van der Waals surface area contributed by atoms with E-state index < -0.39 is 0 Å². The van der Waals surface area contributed by atoms with E-state index in [1.807, 2.05) is 48.5 Å². The molecule has 2 heterocycles. The van der Waals surface area contributed by atoms with Gasteiger partial charge in [-0.2, -0.15) is 0 Å². The van der Waals surface area contributed by atoms with Gasteiger partial charge in [0.2, 0.25) is 0 Å². The molecule has 2 aromatic carbocycles. The number of rotatable bonds is 5. The number of aromatic nitrogens is 2. The first-order valence-corrected chi connectivity index (χ1v) is 8.94. The summed E-state index contributed by atoms with van der Waals surface area (Å²) in [4.78, 5) is 9.91. The molecule has 0 atom stereocenters. The van der Waals surface area contributed by atoms with Gasteiger partial charge in [-0.15, -0.1) is 11.3 Å². The van der Waals surface area contributed by atoms with Crippen molar-refractivity contribution >= 4 is 33.1 Å². The van der Waals surface area contributed by atoms with E-state index in [2.05, 4.69) is 21.4 Å². The van der Waals surface area contributed by atoms with E-state index >= 15 is 0 Å². The van der Waals surface area contributed by atoms with Gasteiger partial charge in [0.15, 0.2) is 5.82 Å². The summed E-state index contributed by atoms with van der Waals surface area (Å²) >= 11 is 1.64. The van der Waals surface area contributed by atoms with Gasteiger partial charge in [0, 0.05) is 10.6 Å². The average molecular weight is 363 g/mol. The first-order valence-electron chi connectivity index (χ1n) is 8.12. The Labute approximate surface area is 154 Å². The third-order valence-corrected chi connectivity index (χ3v) is 5.24. The minimum atomic E-state index is 0.00925. The van der Waals surface area contributed by atoms with Gasteiger partial charge in [0.1, 0.15) is 12.1 Å². The minimum absolute atomic E-state index is 0.00925. The van der Waals surface area contributed by atoms with Gasteiger partial charge in [-0.05, 0) is 53.6 Å². The minimum Gasteiger partial charge on any atom is -0.497 e. The molecule has 0 fully saturated rings. The number of aliphatic hydroxyl groups is 1. The van der Waals surface area contributed by atoms with Crippen LogP contribution in [-0.2, 0) is 6.61 Å². The number of fused-ring (bicyclic) bond motifs is 1. The first-order chi connectivity index (χ1) is 12.8. The van der Waals surface area contributed by atoms with Crippen molar-refractivity contribution in [3.63, 3.8) is 0 Å². The van der Waals surface area contributed by atoms with Gasteiger partial charge in [-0.1, -0.05) is 12.1 Å². The van der Waals surface area contributed by atoms with Crippen molar-refractivity contribution in [1.82, 2.24) is 9.97 Å². The number of benzene rings is 2. The fourth-order valence-corrected chi connectivity index (χ4v) is 3.79. The number of nitrogens with zero attached hydrogens (tertiary/aromatic N) is 2. The van der Waals surface area contributed by atoms with Crippen molar-refractivity contribution in [2.24, 2.45) is 0 Å². The molecule has 6 heteroatoms. The summed E-state index contributed by atoms with van der Waals surface area (Å²) < 4.78 is 6.21. The highest BCUT2D eigenvalue weighted by atomic mass is 32.1. The molecule has 0 amide bonds. The van der Waals surface area contributed by atoms with Crippen molar-refractivity contribution < 1.29 is 9.84 Å². The number of hydrogen-bond donors (Lipinski definition) is 2. The maximum Gasteiger partial charge on any atom is 0.151 e. The zero-order valence-corrected chi connectivity index (χ0v) is 15.0. The van der Waals surface area contributed by atoms with Crippen molar-refractivity contribution in [3.8, 4) is 16.2 Å². The molecule has 0 saturated carbocycles. The second-order valence-electron chi connectivity index (χ2n) is 5.76. The zero-order chi connectivity index (χ0) is 17.9. The average Bonchev–Trinajstić information content (AvgIpc) is 3.13. The highest BCUT2D eigenvalue weighted by Gasteiger charge is 2.11. The molecule has 5 nitrogen and oxygen atoms in total. The van der Waals surface area contributed by atoms with E-state index in [4.69, 9.17) is 4.74 Å². The molecule has 130 valence electrons. The van der Waals surface area contributed by atoms with Gasteiger partial charge in [0.25, 0.3) is 0 Å². The summed E-state index contributed by atoms with van der Waals surface area (Å²) in [6, 6.07) is 17.7. The Morgan fingerprint density at radius 3 is 2.69 bits per heavy atom. The summed E-state index contributed by atoms with van der Waals surface area (Å²) in [6.07, 6.45) is 1.56. The van der Waals surface area contributed by atoms with Crippen LogP contribution in [0.15, 0.2) is 60.9 Å². The van der Waals surface area contributed by atoms with Crippen LogP contribution in [0.5, 0.6) is 5.75 Å². The van der Waals surface area contributed by atoms with Crippen LogP contribution in [0.1, 0.15) is 5.56 Å². The van der Waals surface area contributed by atoms with Gasteiger partial charge in [0.05, 0.1) is 23.9 Å². The third kappa shape index (κ3) is 3.24. The molecule has 2 aromatic heterocycles. The lowest BCUT2D eigenvalue weighted by atomic mass is 10.2. The molecule has 0 aliphatic rings. The quantitative estimate of drug-likeness (QED) is 0.542. The Kier molecular flexibility index (Phi) is 4.51. The number of nitrogens with one attached hydrogen (secondary N) is 1. The predicted molar refractivity (Wildman–Crippen MR) is 105 cm³/mol. The molecule has 0 spiro atoms. The monoisotopic (exact) mass is 363 g/mol. The predicted octanol–water partition coefficient (Wildman–Crippen LogP) is 4.60. The van der Waals surface area contributed by atoms with Gasteiger partial charge < -0.3 is 15.2 Å². The smallest absolute Gasteiger partial charge is 0.151 e. The van der Waals surface area contributed by atoms with E-state index in [9.17, 15) is 5.11 Å². The standard InChI is InChI=1S/C20H17N3O2S/c1-25-16-7-5-14(6-8-16)18-10-17-19(26-18)20(22-12-21-17)23-15-4-2-3-13(9-15)11-24/h2-10,12,24H,11H2,1H3,(H,21,22,23). The maximum atomic E-state index is 9.31. The largest absolute Gasteiger partial charge is 0.497 e. The van der Waals surface area contributed by atoms with Gasteiger partial charge in [-0.3, -0.25) is 0 Å². The Morgan fingerprint density at radius 2 is 1.92 bits per heavy atom. The van der Waals surface area contributed by atoms with Crippen LogP contribution in [-0.4, -0.2) is 22.2 Å². The number of aliphatic hydroxyl groups excluding tert-OH is 1. The first kappa shape index (κ1) is 16.5. The van der Waals surface area contributed by atoms with Crippen LogP contribution >= 0.6 is 11.3 Å². The Balaban J connectivity index is 1.70. The highest BCUT2D eigenvalue weighted by molar-refractivity contribution is 7.22. The Bertz CT molecular complexity index is 1040. The number of anilines is 2. The topological polar surface area (TPSA) is 67.3 Å². The molecule has 0 saturated heterocycles. The van der Waals surface area contributed by atoms with Crippen LogP contribution in [0.25, 0.3) is 20.7 Å². The fraction of sp³-hybridized carbons (Fsp3) is 0.100. The number of methoxy groups -OCH3 is 1. The van der Waals surface area contributed by atoms with Crippen molar-refractivity contribution in [2.45, 2.75) is 6.61 Å². The SMILES string of the molecule is COc1ccc(-c2cc3ncnc(Nc4cccc(CO)c4)c3s2)cc1. The molecule has 0 radical (unpaired) electrons. The molecule has 4 rings (SSSR count). The van der Waals surface area contributed by atoms with Gasteiger partial charge in [-0.25, -0.2) is 9.97 Å². The Morgan fingerprint density at radius 1 is 1.08 bits per heavy atom. The summed E-state index contributed by atoms with van der Waals surface area (Å²) in [5.74, 6) is 1.59. The third-order valence-electron chi connectivity index (χ3n) is 4.06. The van der Waals surface area contributed by atoms with E-state index in [1.165, 1.54) is 0 Å². The lowest BCUT2D eigenvalue weighted by Gasteiger charge is -2.07. The van der Waals surface area contributed by atoms with Crippen molar-refractivity contribution in [3.05, 3.63) is 66.5 Å². The second-order valence-corrected chi connectivity index (χ2v) is 6.81. The summed E-state index contributed by atoms with van der Waals surface area (Å²) in [5.41, 5.74) is 3.75. The van der Waals surface area contributed by atoms with Gasteiger partial charge >= 0.3 is 0 Å². The van der Waals surface area contributed by atoms with Crippen molar-refractivity contribution in [2.75, 3.05) is 12.4 Å². The summed E-state index contributed by atoms with van der Waals surface area (Å²) in [7, 11) is 1.66. The number of ether oxygens (including phenoxy) is 1. The summed E-state index contributed by atoms with van der Waals surface area (Å²) in [6.45, 7) is 0.00925. The normalized spacial score (nSPS) is 10.8. The zero-order valence-electron chi connectivity index (χ0n) is 14.1. The maximum absolute atomic E-state index is 9.31. The fourth-order valence-electron chi connectivity index (χ4n) is 2.73. The lowest BCUT2D eigenvalue weighted by Crippen LogP contribution is -1.95. The molecule has 0 bridgehead atoms. The second kappa shape index (κ2) is 7.11. The molecule has 0 unspecified atom stereocenters. The lowest BCUT2D eigenvalue weighted by molar-refractivity contribution is 0.282. The van der Waals surface area contributed by atoms with E-state index in [0.29, 0.717) is 0 Å². The molecule has 4 aromatic rings. The van der Waals surface area contributed by atoms with E-state index in [-0.39, 0.29) is 6.61 Å². The van der Waals surface area contributed by atoms with Crippen LogP contribution in [0.3, 0.4) is 0 Å². The highest BCUT2D eigenvalue weighted by Crippen LogP contribution is 2.37. The van der Waals surface area contributed by atoms with Crippen LogP contribution in [0, 0.1) is 0 Å². The van der Waals surface area contributed by atoms with Crippen LogP contribution in [0.4, 0.5) is 11.5 Å². The molecule has 2 N–H and O–H groups in total. The molecule has 0 aliphatic heterocycles. The van der Waals surface area contributed by atoms with E-state index in [1.54, 1.807) is 24.8 Å². The number of thiophene rings is 1. The molecular formula is C20H17N3O2S. The van der Waals surface area contributed by atoms with Crippen molar-refractivity contribution in [1.29, 1.82) is 0 Å². The summed E-state index contributed by atoms with van der Waals surface area (Å²) in [5, 5.41) is 12.6.